The number of aromatic carboxylic acids is 1. The summed E-state index contributed by atoms with van der Waals surface area (Å²) in [5, 5.41) is 19.0. The van der Waals surface area contributed by atoms with Crippen LogP contribution in [-0.2, 0) is 0 Å². The zero-order valence-electron chi connectivity index (χ0n) is 8.45. The van der Waals surface area contributed by atoms with Crippen LogP contribution in [0.1, 0.15) is 10.4 Å². The monoisotopic (exact) mass is 250 g/mol. The number of nitrogens with zero attached hydrogens (tertiary/aromatic N) is 1. The molecule has 0 amide bonds. The molecular formula is C9H9F3N2O3. The predicted octanol–water partition coefficient (Wildman–Crippen LogP) is 0.958. The molecule has 0 unspecified atom stereocenters. The Morgan fingerprint density at radius 2 is 2.18 bits per heavy atom. The molecule has 17 heavy (non-hydrogen) atoms. The molecule has 94 valence electrons. The molecule has 0 bridgehead atoms. The summed E-state index contributed by atoms with van der Waals surface area (Å²) < 4.78 is 38.1. The Kier molecular flexibility index (Phi) is 3.89. The van der Waals surface area contributed by atoms with Gasteiger partial charge in [0.25, 0.3) is 5.92 Å². The first kappa shape index (κ1) is 13.2. The van der Waals surface area contributed by atoms with Crippen molar-refractivity contribution < 1.29 is 28.2 Å². The lowest BCUT2D eigenvalue weighted by Crippen LogP contribution is -2.31. The first-order valence-corrected chi connectivity index (χ1v) is 4.47. The van der Waals surface area contributed by atoms with E-state index in [1.165, 1.54) is 0 Å². The summed E-state index contributed by atoms with van der Waals surface area (Å²) >= 11 is 0. The normalized spacial score (nSPS) is 11.3. The molecule has 1 heterocycles. The van der Waals surface area contributed by atoms with E-state index in [9.17, 15) is 18.0 Å². The number of hydrogen-bond acceptors (Lipinski definition) is 4. The maximum Gasteiger partial charge on any atom is 0.339 e. The second kappa shape index (κ2) is 5.00. The van der Waals surface area contributed by atoms with Gasteiger partial charge in [0.05, 0.1) is 12.7 Å². The molecule has 0 spiro atoms. The van der Waals surface area contributed by atoms with Crippen LogP contribution in [0.5, 0.6) is 0 Å². The quantitative estimate of drug-likeness (QED) is 0.725. The first-order chi connectivity index (χ1) is 7.85. The molecule has 0 saturated carbocycles. The highest BCUT2D eigenvalue weighted by Gasteiger charge is 2.28. The van der Waals surface area contributed by atoms with Crippen molar-refractivity contribution >= 4 is 11.8 Å². The third-order valence-corrected chi connectivity index (χ3v) is 1.83. The molecule has 1 rings (SSSR count). The van der Waals surface area contributed by atoms with Crippen LogP contribution in [0.3, 0.4) is 0 Å². The van der Waals surface area contributed by atoms with Crippen molar-refractivity contribution in [2.24, 2.45) is 0 Å². The fourth-order valence-corrected chi connectivity index (χ4v) is 1.01. The Bertz CT molecular complexity index is 426. The summed E-state index contributed by atoms with van der Waals surface area (Å²) in [4.78, 5) is 14.0. The van der Waals surface area contributed by atoms with Crippen molar-refractivity contribution in [3.63, 3.8) is 0 Å². The maximum atomic E-state index is 12.7. The largest absolute Gasteiger partial charge is 0.478 e. The second-order valence-electron chi connectivity index (χ2n) is 3.22. The van der Waals surface area contributed by atoms with Crippen molar-refractivity contribution in [3.05, 3.63) is 23.6 Å². The topological polar surface area (TPSA) is 82.5 Å². The van der Waals surface area contributed by atoms with E-state index in [2.05, 4.69) is 4.98 Å². The van der Waals surface area contributed by atoms with Crippen LogP contribution < -0.4 is 5.32 Å². The first-order valence-electron chi connectivity index (χ1n) is 4.47. The van der Waals surface area contributed by atoms with Crippen LogP contribution in [0.4, 0.5) is 19.0 Å². The highest BCUT2D eigenvalue weighted by molar-refractivity contribution is 5.93. The van der Waals surface area contributed by atoms with Crippen LogP contribution in [0, 0.1) is 5.82 Å². The third-order valence-electron chi connectivity index (χ3n) is 1.83. The number of rotatable bonds is 5. The molecule has 0 fully saturated rings. The van der Waals surface area contributed by atoms with Gasteiger partial charge in [0.15, 0.2) is 0 Å². The van der Waals surface area contributed by atoms with E-state index in [0.29, 0.717) is 12.3 Å². The van der Waals surface area contributed by atoms with Crippen molar-refractivity contribution in [1.29, 1.82) is 0 Å². The predicted molar refractivity (Wildman–Crippen MR) is 51.7 cm³/mol. The van der Waals surface area contributed by atoms with Gasteiger partial charge in [-0.1, -0.05) is 0 Å². The fourth-order valence-electron chi connectivity index (χ4n) is 1.01. The van der Waals surface area contributed by atoms with Gasteiger partial charge in [0, 0.05) is 0 Å². The minimum Gasteiger partial charge on any atom is -0.478 e. The second-order valence-corrected chi connectivity index (χ2v) is 3.22. The summed E-state index contributed by atoms with van der Waals surface area (Å²) in [5.74, 6) is -6.17. The van der Waals surface area contributed by atoms with Crippen molar-refractivity contribution in [1.82, 2.24) is 4.98 Å². The van der Waals surface area contributed by atoms with Gasteiger partial charge in [-0.3, -0.25) is 0 Å². The molecule has 3 N–H and O–H groups in total. The Labute approximate surface area is 93.9 Å². The molecule has 0 aromatic carbocycles. The van der Waals surface area contributed by atoms with E-state index in [1.54, 1.807) is 0 Å². The van der Waals surface area contributed by atoms with Crippen LogP contribution in [0.25, 0.3) is 0 Å². The number of halogens is 3. The highest BCUT2D eigenvalue weighted by Crippen LogP contribution is 2.17. The zero-order chi connectivity index (χ0) is 13.1. The number of nitrogens with one attached hydrogen (secondary N) is 1. The lowest BCUT2D eigenvalue weighted by atomic mass is 10.2. The van der Waals surface area contributed by atoms with Gasteiger partial charge in [0.1, 0.15) is 23.8 Å². The minimum absolute atomic E-state index is 0.382. The van der Waals surface area contributed by atoms with E-state index in [4.69, 9.17) is 10.2 Å². The van der Waals surface area contributed by atoms with Gasteiger partial charge in [0.2, 0.25) is 0 Å². The van der Waals surface area contributed by atoms with Crippen molar-refractivity contribution in [3.8, 4) is 0 Å². The third kappa shape index (κ3) is 3.59. The van der Waals surface area contributed by atoms with Crippen LogP contribution in [0.2, 0.25) is 0 Å². The van der Waals surface area contributed by atoms with Gasteiger partial charge < -0.3 is 15.5 Å². The zero-order valence-corrected chi connectivity index (χ0v) is 8.45. The van der Waals surface area contributed by atoms with E-state index < -0.39 is 36.4 Å². The summed E-state index contributed by atoms with van der Waals surface area (Å²) in [7, 11) is 0. The number of aliphatic hydroxyl groups excluding tert-OH is 1. The molecule has 8 heteroatoms. The smallest absolute Gasteiger partial charge is 0.339 e. The molecular weight excluding hydrogens is 241 g/mol. The molecule has 0 atom stereocenters. The van der Waals surface area contributed by atoms with Gasteiger partial charge in [-0.2, -0.15) is 0 Å². The van der Waals surface area contributed by atoms with Crippen molar-refractivity contribution in [2.75, 3.05) is 18.5 Å². The van der Waals surface area contributed by atoms with E-state index in [1.807, 2.05) is 5.32 Å². The molecule has 0 saturated heterocycles. The molecule has 0 aliphatic rings. The molecule has 0 aliphatic carbocycles. The van der Waals surface area contributed by atoms with Crippen LogP contribution in [0.15, 0.2) is 12.3 Å². The van der Waals surface area contributed by atoms with E-state index >= 15 is 0 Å². The number of aliphatic hydroxyl groups is 1. The number of alkyl halides is 2. The molecule has 0 radical (unpaired) electrons. The van der Waals surface area contributed by atoms with E-state index in [-0.39, 0.29) is 5.82 Å². The summed E-state index contributed by atoms with van der Waals surface area (Å²) in [6.07, 6.45) is 0.700. The minimum atomic E-state index is -3.41. The number of carboxylic acid groups (broad SMARTS) is 1. The Morgan fingerprint density at radius 3 is 2.71 bits per heavy atom. The molecule has 0 aliphatic heterocycles. The van der Waals surface area contributed by atoms with Gasteiger partial charge in [-0.05, 0) is 6.07 Å². The summed E-state index contributed by atoms with van der Waals surface area (Å²) in [6, 6.07) is 0.661. The number of carboxylic acids is 1. The molecule has 1 aromatic rings. The number of anilines is 1. The Hall–Kier alpha value is -1.83. The van der Waals surface area contributed by atoms with Crippen LogP contribution in [-0.4, -0.2) is 40.2 Å². The van der Waals surface area contributed by atoms with Gasteiger partial charge in [-0.15, -0.1) is 0 Å². The Balaban J connectivity index is 2.88. The average molecular weight is 250 g/mol. The summed E-state index contributed by atoms with van der Waals surface area (Å²) in [6.45, 7) is -2.38. The maximum absolute atomic E-state index is 12.7. The number of carbonyl (C=O) groups is 1. The van der Waals surface area contributed by atoms with Gasteiger partial charge >= 0.3 is 5.97 Å². The van der Waals surface area contributed by atoms with E-state index in [0.717, 1.165) is 0 Å². The Morgan fingerprint density at radius 1 is 1.53 bits per heavy atom. The molecule has 5 nitrogen and oxygen atoms in total. The van der Waals surface area contributed by atoms with Crippen LogP contribution >= 0.6 is 0 Å². The fraction of sp³-hybridized carbons (Fsp3) is 0.333. The number of aromatic nitrogens is 1. The number of hydrogen-bond donors (Lipinski definition) is 3. The van der Waals surface area contributed by atoms with Gasteiger partial charge in [-0.25, -0.2) is 22.9 Å². The molecule has 1 aromatic heterocycles. The highest BCUT2D eigenvalue weighted by atomic mass is 19.3. The lowest BCUT2D eigenvalue weighted by molar-refractivity contribution is -0.0373. The standard InChI is InChI=1S/C9H9F3N2O3/c10-5-1-6(8(16)17)7(13-2-5)14-3-9(11,12)4-15/h1-2,15H,3-4H2,(H,13,14)(H,16,17). The lowest BCUT2D eigenvalue weighted by Gasteiger charge is -2.15. The number of pyridine rings is 1. The SMILES string of the molecule is O=C(O)c1cc(F)cnc1NCC(F)(F)CO. The van der Waals surface area contributed by atoms with Crippen molar-refractivity contribution in [2.45, 2.75) is 5.92 Å². The summed E-state index contributed by atoms with van der Waals surface area (Å²) in [5.41, 5.74) is -0.557. The average Bonchev–Trinajstić information content (AvgIpc) is 2.27.